The van der Waals surface area contributed by atoms with Gasteiger partial charge in [0.05, 0.1) is 6.10 Å². The van der Waals surface area contributed by atoms with Crippen molar-refractivity contribution in [2.24, 2.45) is 5.92 Å². The van der Waals surface area contributed by atoms with Gasteiger partial charge in [0, 0.05) is 19.5 Å². The maximum Gasteiger partial charge on any atom is 0.223 e. The van der Waals surface area contributed by atoms with Gasteiger partial charge in [-0.05, 0) is 17.4 Å². The quantitative estimate of drug-likeness (QED) is 0.658. The Labute approximate surface area is 76.1 Å². The van der Waals surface area contributed by atoms with E-state index in [9.17, 15) is 4.79 Å². The summed E-state index contributed by atoms with van der Waals surface area (Å²) in [4.78, 5) is 13.1. The fourth-order valence-corrected chi connectivity index (χ4v) is 2.24. The highest BCUT2D eigenvalue weighted by Gasteiger charge is 2.31. The highest BCUT2D eigenvalue weighted by molar-refractivity contribution is 8.00. The van der Waals surface area contributed by atoms with Gasteiger partial charge in [0.1, 0.15) is 0 Å². The molecule has 2 saturated heterocycles. The average molecular weight is 187 g/mol. The predicted octanol–water partition coefficient (Wildman–Crippen LogP) is -0.0574. The Morgan fingerprint density at radius 3 is 2.58 bits per heavy atom. The molecule has 68 valence electrons. The Morgan fingerprint density at radius 2 is 2.17 bits per heavy atom. The van der Waals surface area contributed by atoms with Crippen LogP contribution in [0.4, 0.5) is 0 Å². The molecule has 2 fully saturated rings. The molecule has 4 heteroatoms. The Kier molecular flexibility index (Phi) is 2.28. The largest absolute Gasteiger partial charge is 0.389 e. The second-order valence-corrected chi connectivity index (χ2v) is 4.64. The van der Waals surface area contributed by atoms with Crippen LogP contribution in [0.25, 0.3) is 0 Å². The average Bonchev–Trinajstić information content (AvgIpc) is 1.90. The van der Waals surface area contributed by atoms with Gasteiger partial charge < -0.3 is 10.0 Å². The fourth-order valence-electron chi connectivity index (χ4n) is 1.44. The number of hydrogen-bond donors (Lipinski definition) is 1. The van der Waals surface area contributed by atoms with Crippen LogP contribution in [0, 0.1) is 5.92 Å². The lowest BCUT2D eigenvalue weighted by Crippen LogP contribution is -2.54. The molecule has 0 atom stereocenters. The van der Waals surface area contributed by atoms with Gasteiger partial charge in [0.15, 0.2) is 0 Å². The number of amides is 1. The Bertz CT molecular complexity index is 187. The molecular weight excluding hydrogens is 174 g/mol. The van der Waals surface area contributed by atoms with Crippen molar-refractivity contribution in [1.82, 2.24) is 4.90 Å². The summed E-state index contributed by atoms with van der Waals surface area (Å²) in [5.74, 6) is 3.12. The molecule has 0 aromatic rings. The van der Waals surface area contributed by atoms with Crippen molar-refractivity contribution in [2.45, 2.75) is 12.5 Å². The summed E-state index contributed by atoms with van der Waals surface area (Å²) in [6.07, 6.45) is 0.435. The highest BCUT2D eigenvalue weighted by atomic mass is 32.2. The van der Waals surface area contributed by atoms with E-state index in [2.05, 4.69) is 0 Å². The van der Waals surface area contributed by atoms with Crippen LogP contribution in [0.15, 0.2) is 0 Å². The molecule has 2 aliphatic rings. The first kappa shape index (κ1) is 8.38. The van der Waals surface area contributed by atoms with E-state index in [4.69, 9.17) is 5.11 Å². The lowest BCUT2D eigenvalue weighted by atomic mass is 10.1. The minimum atomic E-state index is -0.260. The van der Waals surface area contributed by atoms with Crippen molar-refractivity contribution >= 4 is 17.7 Å². The van der Waals surface area contributed by atoms with E-state index < -0.39 is 0 Å². The molecule has 1 amide bonds. The Hall–Kier alpha value is -0.220. The van der Waals surface area contributed by atoms with Crippen LogP contribution >= 0.6 is 11.8 Å². The normalized spacial score (nSPS) is 24.9. The van der Waals surface area contributed by atoms with Crippen molar-refractivity contribution in [1.29, 1.82) is 0 Å². The minimum absolute atomic E-state index is 0.227. The smallest absolute Gasteiger partial charge is 0.223 e. The summed E-state index contributed by atoms with van der Waals surface area (Å²) in [5.41, 5.74) is 0. The zero-order chi connectivity index (χ0) is 8.55. The molecule has 0 saturated carbocycles. The third kappa shape index (κ3) is 1.59. The zero-order valence-corrected chi connectivity index (χ0v) is 7.72. The molecule has 3 nitrogen and oxygen atoms in total. The molecular formula is C8H13NO2S. The van der Waals surface area contributed by atoms with Crippen molar-refractivity contribution in [3.63, 3.8) is 0 Å². The van der Waals surface area contributed by atoms with E-state index in [1.165, 1.54) is 0 Å². The number of carbonyl (C=O) groups excluding carboxylic acids is 1. The SMILES string of the molecule is O=C(CC1CSC1)N1CC(O)C1. The van der Waals surface area contributed by atoms with Gasteiger partial charge in [0.25, 0.3) is 0 Å². The van der Waals surface area contributed by atoms with Crippen LogP contribution in [0.2, 0.25) is 0 Å². The number of likely N-dealkylation sites (tertiary alicyclic amines) is 1. The zero-order valence-electron chi connectivity index (χ0n) is 6.90. The third-order valence-electron chi connectivity index (χ3n) is 2.39. The van der Waals surface area contributed by atoms with Crippen LogP contribution in [0.3, 0.4) is 0 Å². The maximum atomic E-state index is 11.4. The second kappa shape index (κ2) is 3.26. The second-order valence-electron chi connectivity index (χ2n) is 3.56. The van der Waals surface area contributed by atoms with Gasteiger partial charge in [-0.1, -0.05) is 0 Å². The van der Waals surface area contributed by atoms with Crippen LogP contribution in [0.5, 0.6) is 0 Å². The van der Waals surface area contributed by atoms with Gasteiger partial charge in [-0.3, -0.25) is 4.79 Å². The fraction of sp³-hybridized carbons (Fsp3) is 0.875. The predicted molar refractivity (Wildman–Crippen MR) is 48.0 cm³/mol. The highest BCUT2D eigenvalue weighted by Crippen LogP contribution is 2.28. The molecule has 2 aliphatic heterocycles. The molecule has 0 bridgehead atoms. The molecule has 0 aliphatic carbocycles. The molecule has 0 aromatic carbocycles. The van der Waals surface area contributed by atoms with Crippen molar-refractivity contribution in [2.75, 3.05) is 24.6 Å². The van der Waals surface area contributed by atoms with Crippen molar-refractivity contribution < 1.29 is 9.90 Å². The van der Waals surface area contributed by atoms with Crippen LogP contribution in [0.1, 0.15) is 6.42 Å². The number of nitrogens with zero attached hydrogens (tertiary/aromatic N) is 1. The lowest BCUT2D eigenvalue weighted by Gasteiger charge is -2.37. The van der Waals surface area contributed by atoms with E-state index in [0.29, 0.717) is 25.4 Å². The number of thioether (sulfide) groups is 1. The topological polar surface area (TPSA) is 40.5 Å². The molecule has 0 radical (unpaired) electrons. The van der Waals surface area contributed by atoms with Gasteiger partial charge in [-0.15, -0.1) is 0 Å². The van der Waals surface area contributed by atoms with Crippen molar-refractivity contribution in [3.05, 3.63) is 0 Å². The molecule has 2 heterocycles. The number of aliphatic hydroxyl groups excluding tert-OH is 1. The Balaban J connectivity index is 1.70. The first-order valence-corrected chi connectivity index (χ1v) is 5.45. The van der Waals surface area contributed by atoms with E-state index in [0.717, 1.165) is 11.5 Å². The third-order valence-corrected chi connectivity index (χ3v) is 3.80. The summed E-state index contributed by atoms with van der Waals surface area (Å²) in [7, 11) is 0. The van der Waals surface area contributed by atoms with Crippen molar-refractivity contribution in [3.8, 4) is 0 Å². The summed E-state index contributed by atoms with van der Waals surface area (Å²) in [5, 5.41) is 8.97. The van der Waals surface area contributed by atoms with Gasteiger partial charge in [-0.2, -0.15) is 11.8 Å². The van der Waals surface area contributed by atoms with Gasteiger partial charge in [0.2, 0.25) is 5.91 Å². The van der Waals surface area contributed by atoms with Crippen LogP contribution < -0.4 is 0 Å². The van der Waals surface area contributed by atoms with Crippen LogP contribution in [-0.2, 0) is 4.79 Å². The lowest BCUT2D eigenvalue weighted by molar-refractivity contribution is -0.142. The number of hydrogen-bond acceptors (Lipinski definition) is 3. The maximum absolute atomic E-state index is 11.4. The van der Waals surface area contributed by atoms with E-state index >= 15 is 0 Å². The van der Waals surface area contributed by atoms with Crippen LogP contribution in [-0.4, -0.2) is 46.6 Å². The van der Waals surface area contributed by atoms with Gasteiger partial charge in [-0.25, -0.2) is 0 Å². The van der Waals surface area contributed by atoms with E-state index in [1.807, 2.05) is 11.8 Å². The molecule has 0 unspecified atom stereocenters. The van der Waals surface area contributed by atoms with E-state index in [1.54, 1.807) is 4.90 Å². The minimum Gasteiger partial charge on any atom is -0.389 e. The first-order valence-electron chi connectivity index (χ1n) is 4.29. The summed E-state index contributed by atoms with van der Waals surface area (Å²) in [6, 6.07) is 0. The standard InChI is InChI=1S/C8H13NO2S/c10-7-2-9(3-7)8(11)1-6-4-12-5-6/h6-7,10H,1-5H2. The molecule has 0 spiro atoms. The number of carbonyl (C=O) groups is 1. The summed E-state index contributed by atoms with van der Waals surface area (Å²) < 4.78 is 0. The number of aliphatic hydroxyl groups is 1. The summed E-state index contributed by atoms with van der Waals surface area (Å²) >= 11 is 1.90. The Morgan fingerprint density at radius 1 is 1.50 bits per heavy atom. The van der Waals surface area contributed by atoms with E-state index in [-0.39, 0.29) is 12.0 Å². The molecule has 2 rings (SSSR count). The number of rotatable bonds is 2. The van der Waals surface area contributed by atoms with Gasteiger partial charge >= 0.3 is 0 Å². The summed E-state index contributed by atoms with van der Waals surface area (Å²) in [6.45, 7) is 1.11. The molecule has 0 aromatic heterocycles. The monoisotopic (exact) mass is 187 g/mol. The first-order chi connectivity index (χ1) is 5.75. The molecule has 1 N–H and O–H groups in total. The molecule has 12 heavy (non-hydrogen) atoms. The number of β-amino-alcohol motifs (C(OH)–C–C–N with tert-alkyl or cyclic N) is 1.